The highest BCUT2D eigenvalue weighted by Gasteiger charge is 2.44. The van der Waals surface area contributed by atoms with Crippen LogP contribution in [-0.4, -0.2) is 45.7 Å². The number of nitrogens with zero attached hydrogens (tertiary/aromatic N) is 4. The van der Waals surface area contributed by atoms with Crippen LogP contribution in [0.4, 0.5) is 4.79 Å². The molecule has 0 saturated carbocycles. The molecule has 7 nitrogen and oxygen atoms in total. The van der Waals surface area contributed by atoms with Crippen molar-refractivity contribution in [3.63, 3.8) is 0 Å². The number of nitriles is 1. The third-order valence-electron chi connectivity index (χ3n) is 3.11. The fourth-order valence-corrected chi connectivity index (χ4v) is 2.25. The quantitative estimate of drug-likeness (QED) is 0.772. The van der Waals surface area contributed by atoms with Crippen molar-refractivity contribution in [3.8, 4) is 6.07 Å². The van der Waals surface area contributed by atoms with Crippen molar-refractivity contribution in [3.05, 3.63) is 24.3 Å². The molecule has 0 spiro atoms. The summed E-state index contributed by atoms with van der Waals surface area (Å²) < 4.78 is 0. The largest absolute Gasteiger partial charge is 0.465 e. The van der Waals surface area contributed by atoms with Crippen LogP contribution in [0.25, 0.3) is 0 Å². The molecular formula is C11H13N5O2. The van der Waals surface area contributed by atoms with Crippen molar-refractivity contribution < 1.29 is 9.90 Å². The van der Waals surface area contributed by atoms with E-state index in [0.717, 1.165) is 0 Å². The lowest BCUT2D eigenvalue weighted by molar-refractivity contribution is 0.0541. The molecule has 18 heavy (non-hydrogen) atoms. The lowest BCUT2D eigenvalue weighted by Crippen LogP contribution is -2.60. The van der Waals surface area contributed by atoms with Crippen LogP contribution in [0.5, 0.6) is 0 Å². The van der Waals surface area contributed by atoms with E-state index in [4.69, 9.17) is 5.26 Å². The highest BCUT2D eigenvalue weighted by Crippen LogP contribution is 2.31. The lowest BCUT2D eigenvalue weighted by Gasteiger charge is -2.44. The molecule has 0 bridgehead atoms. The molecule has 1 aliphatic heterocycles. The summed E-state index contributed by atoms with van der Waals surface area (Å²) in [4.78, 5) is 20.6. The third-order valence-corrected chi connectivity index (χ3v) is 3.11. The van der Waals surface area contributed by atoms with Gasteiger partial charge in [-0.2, -0.15) is 5.26 Å². The molecule has 1 fully saturated rings. The van der Waals surface area contributed by atoms with E-state index >= 15 is 0 Å². The van der Waals surface area contributed by atoms with Gasteiger partial charge in [0.2, 0.25) is 0 Å². The number of hydrogen-bond donors (Lipinski definition) is 2. The van der Waals surface area contributed by atoms with Crippen LogP contribution in [0.15, 0.2) is 18.6 Å². The zero-order valence-electron chi connectivity index (χ0n) is 9.70. The van der Waals surface area contributed by atoms with E-state index < -0.39 is 11.6 Å². The normalized spacial score (nSPS) is 23.4. The molecular weight excluding hydrogens is 234 g/mol. The highest BCUT2D eigenvalue weighted by atomic mass is 16.4. The van der Waals surface area contributed by atoms with Crippen LogP contribution in [0, 0.1) is 11.3 Å². The maximum Gasteiger partial charge on any atom is 0.408 e. The van der Waals surface area contributed by atoms with Crippen LogP contribution < -0.4 is 5.32 Å². The Morgan fingerprint density at radius 1 is 1.72 bits per heavy atom. The molecule has 1 unspecified atom stereocenters. The van der Waals surface area contributed by atoms with Crippen LogP contribution in [0.3, 0.4) is 0 Å². The van der Waals surface area contributed by atoms with Gasteiger partial charge in [-0.25, -0.2) is 14.8 Å². The number of carboxylic acid groups (broad SMARTS) is 1. The summed E-state index contributed by atoms with van der Waals surface area (Å²) in [6.07, 6.45) is 1.94. The predicted molar refractivity (Wildman–Crippen MR) is 61.5 cm³/mol. The van der Waals surface area contributed by atoms with Gasteiger partial charge in [-0.05, 0) is 6.07 Å². The van der Waals surface area contributed by atoms with Crippen molar-refractivity contribution in [2.75, 3.05) is 19.6 Å². The molecule has 0 aliphatic carbocycles. The Morgan fingerprint density at radius 2 is 2.56 bits per heavy atom. The zero-order valence-corrected chi connectivity index (χ0v) is 9.70. The Bertz CT molecular complexity index is 472. The van der Waals surface area contributed by atoms with Crippen molar-refractivity contribution in [2.45, 2.75) is 12.0 Å². The number of rotatable bonds is 2. The average molecular weight is 247 g/mol. The Morgan fingerprint density at radius 3 is 3.17 bits per heavy atom. The Hall–Kier alpha value is -2.20. The molecule has 1 atom stereocenters. The fraction of sp³-hybridized carbons (Fsp3) is 0.455. The summed E-state index contributed by atoms with van der Waals surface area (Å²) in [5.74, 6) is 0. The maximum absolute atomic E-state index is 11.4. The van der Waals surface area contributed by atoms with Crippen LogP contribution in [0.1, 0.15) is 12.1 Å². The van der Waals surface area contributed by atoms with Crippen molar-refractivity contribution in [1.82, 2.24) is 20.2 Å². The maximum atomic E-state index is 11.4. The van der Waals surface area contributed by atoms with Gasteiger partial charge < -0.3 is 10.4 Å². The van der Waals surface area contributed by atoms with Gasteiger partial charge in [0.15, 0.2) is 0 Å². The second-order valence-electron chi connectivity index (χ2n) is 4.07. The molecule has 0 radical (unpaired) electrons. The summed E-state index contributed by atoms with van der Waals surface area (Å²) in [6, 6.07) is 3.71. The molecule has 1 saturated heterocycles. The SMILES string of the molecule is N#CCC1(c2ccncn2)CNCCN1C(=O)O. The summed E-state index contributed by atoms with van der Waals surface area (Å²) in [5, 5.41) is 21.4. The van der Waals surface area contributed by atoms with Crippen LogP contribution in [0.2, 0.25) is 0 Å². The molecule has 2 heterocycles. The Balaban J connectivity index is 2.47. The molecule has 0 aromatic carbocycles. The number of carbonyl (C=O) groups is 1. The van der Waals surface area contributed by atoms with E-state index in [1.165, 1.54) is 11.2 Å². The van der Waals surface area contributed by atoms with Gasteiger partial charge in [0.25, 0.3) is 0 Å². The first-order chi connectivity index (χ1) is 8.70. The molecule has 1 amide bonds. The molecule has 94 valence electrons. The number of nitrogens with one attached hydrogen (secondary N) is 1. The monoisotopic (exact) mass is 247 g/mol. The Kier molecular flexibility index (Phi) is 3.39. The standard InChI is InChI=1S/C11H13N5O2/c12-3-2-11(9-1-4-14-8-15-9)7-13-5-6-16(11)10(17)18/h1,4,8,13H,2,5-7H2,(H,17,18). The van der Waals surface area contributed by atoms with Crippen molar-refractivity contribution in [1.29, 1.82) is 5.26 Å². The minimum Gasteiger partial charge on any atom is -0.465 e. The van der Waals surface area contributed by atoms with Gasteiger partial charge in [0.05, 0.1) is 18.2 Å². The van der Waals surface area contributed by atoms with Crippen molar-refractivity contribution in [2.24, 2.45) is 0 Å². The van der Waals surface area contributed by atoms with E-state index in [2.05, 4.69) is 21.4 Å². The van der Waals surface area contributed by atoms with Crippen molar-refractivity contribution >= 4 is 6.09 Å². The van der Waals surface area contributed by atoms with E-state index in [1.807, 2.05) is 0 Å². The molecule has 1 aromatic rings. The van der Waals surface area contributed by atoms with Crippen LogP contribution >= 0.6 is 0 Å². The topological polar surface area (TPSA) is 102 Å². The molecule has 2 rings (SSSR count). The van der Waals surface area contributed by atoms with Gasteiger partial charge in [-0.3, -0.25) is 4.90 Å². The first-order valence-electron chi connectivity index (χ1n) is 5.55. The predicted octanol–water partition coefficient (Wildman–Crippen LogP) is 0.169. The number of piperazine rings is 1. The van der Waals surface area contributed by atoms with Gasteiger partial charge in [-0.1, -0.05) is 0 Å². The smallest absolute Gasteiger partial charge is 0.408 e. The first kappa shape index (κ1) is 12.3. The summed E-state index contributed by atoms with van der Waals surface area (Å²) in [6.45, 7) is 1.29. The van der Waals surface area contributed by atoms with E-state index in [9.17, 15) is 9.90 Å². The first-order valence-corrected chi connectivity index (χ1v) is 5.55. The second kappa shape index (κ2) is 4.98. The van der Waals surface area contributed by atoms with E-state index in [0.29, 0.717) is 25.3 Å². The number of amides is 1. The summed E-state index contributed by atoms with van der Waals surface area (Å²) >= 11 is 0. The van der Waals surface area contributed by atoms with Gasteiger partial charge in [0.1, 0.15) is 11.9 Å². The summed E-state index contributed by atoms with van der Waals surface area (Å²) in [5.41, 5.74) is -0.379. The zero-order chi connectivity index (χ0) is 13.0. The minimum absolute atomic E-state index is 0.0588. The Labute approximate surface area is 104 Å². The second-order valence-corrected chi connectivity index (χ2v) is 4.07. The van der Waals surface area contributed by atoms with Gasteiger partial charge >= 0.3 is 6.09 Å². The van der Waals surface area contributed by atoms with E-state index in [-0.39, 0.29) is 6.42 Å². The fourth-order valence-electron chi connectivity index (χ4n) is 2.25. The highest BCUT2D eigenvalue weighted by molar-refractivity contribution is 5.67. The number of hydrogen-bond acceptors (Lipinski definition) is 5. The molecule has 2 N–H and O–H groups in total. The van der Waals surface area contributed by atoms with Crippen LogP contribution in [-0.2, 0) is 5.54 Å². The van der Waals surface area contributed by atoms with E-state index in [1.54, 1.807) is 12.3 Å². The molecule has 1 aromatic heterocycles. The average Bonchev–Trinajstić information content (AvgIpc) is 2.40. The molecule has 7 heteroatoms. The summed E-state index contributed by atoms with van der Waals surface area (Å²) in [7, 11) is 0. The minimum atomic E-state index is -1.04. The van der Waals surface area contributed by atoms with Gasteiger partial charge in [-0.15, -0.1) is 0 Å². The van der Waals surface area contributed by atoms with Gasteiger partial charge in [0, 0.05) is 25.8 Å². The molecule has 1 aliphatic rings. The number of aromatic nitrogens is 2. The lowest BCUT2D eigenvalue weighted by atomic mass is 9.87. The third kappa shape index (κ3) is 1.98.